The van der Waals surface area contributed by atoms with Crippen LogP contribution in [-0.2, 0) is 19.9 Å². The van der Waals surface area contributed by atoms with Crippen molar-refractivity contribution in [1.82, 2.24) is 4.90 Å². The second-order valence-corrected chi connectivity index (χ2v) is 12.7. The minimum atomic E-state index is -1.33. The molecule has 1 heterocycles. The number of carbonyl (C=O) groups excluding carboxylic acids is 3. The van der Waals surface area contributed by atoms with E-state index in [1.54, 1.807) is 12.1 Å². The van der Waals surface area contributed by atoms with E-state index in [1.165, 1.54) is 4.90 Å². The van der Waals surface area contributed by atoms with Crippen molar-refractivity contribution in [3.8, 4) is 11.1 Å². The van der Waals surface area contributed by atoms with Gasteiger partial charge in [0.1, 0.15) is 12.6 Å². The quantitative estimate of drug-likeness (QED) is 0.0858. The molecule has 5 aromatic rings. The Kier molecular flexibility index (Phi) is 9.12. The van der Waals surface area contributed by atoms with Crippen molar-refractivity contribution in [2.24, 2.45) is 0 Å². The molecule has 246 valence electrons. The van der Waals surface area contributed by atoms with Crippen LogP contribution in [0.15, 0.2) is 133 Å². The normalized spacial score (nSPS) is 15.4. The van der Waals surface area contributed by atoms with Crippen molar-refractivity contribution in [3.63, 3.8) is 0 Å². The number of carbonyl (C=O) groups is 3. The lowest BCUT2D eigenvalue weighted by Gasteiger charge is -2.37. The molecule has 0 saturated carbocycles. The number of Topliss-reactive ketones (excluding diaryl/α,β-unsaturated/α-hetero) is 1. The van der Waals surface area contributed by atoms with Crippen LogP contribution < -0.4 is 0 Å². The van der Waals surface area contributed by atoms with Crippen LogP contribution in [0, 0.1) is 0 Å². The summed E-state index contributed by atoms with van der Waals surface area (Å²) in [5.41, 5.74) is 6.08. The lowest BCUT2D eigenvalue weighted by molar-refractivity contribution is -0.158. The highest BCUT2D eigenvalue weighted by atomic mass is 16.6. The molecule has 0 radical (unpaired) electrons. The highest BCUT2D eigenvalue weighted by Gasteiger charge is 2.45. The zero-order valence-corrected chi connectivity index (χ0v) is 27.6. The van der Waals surface area contributed by atoms with Crippen LogP contribution in [0.5, 0.6) is 0 Å². The number of ketones is 1. The summed E-state index contributed by atoms with van der Waals surface area (Å²) in [6, 6.07) is 42.2. The molecule has 0 unspecified atom stereocenters. The molecule has 1 saturated heterocycles. The molecule has 49 heavy (non-hydrogen) atoms. The van der Waals surface area contributed by atoms with Gasteiger partial charge in [0, 0.05) is 41.1 Å². The molecule has 0 aromatic heterocycles. The standard InChI is InChI=1S/C43H39NO5/c1-2-14-40(45)30-24-26-33(27-25-30)43(31-15-5-3-6-16-31,32-17-7-4-8-18-32)49-41(46)39-23-13-28-44(39)42(47)48-29-38-36-21-11-9-19-34(36)35-20-10-12-22-37(35)38/h3-12,15-22,24-27,38-39H,2,13-14,23,28-29H2,1H3/t39-/m0/s1. The molecule has 6 heteroatoms. The van der Waals surface area contributed by atoms with Gasteiger partial charge in [-0.3, -0.25) is 9.69 Å². The number of nitrogens with zero attached hydrogens (tertiary/aromatic N) is 1. The third-order valence-corrected chi connectivity index (χ3v) is 9.80. The molecule has 1 aliphatic heterocycles. The van der Waals surface area contributed by atoms with Crippen LogP contribution in [0.2, 0.25) is 0 Å². The van der Waals surface area contributed by atoms with E-state index in [4.69, 9.17) is 9.47 Å². The fourth-order valence-corrected chi connectivity index (χ4v) is 7.41. The zero-order valence-electron chi connectivity index (χ0n) is 27.6. The van der Waals surface area contributed by atoms with Gasteiger partial charge in [-0.1, -0.05) is 140 Å². The highest BCUT2D eigenvalue weighted by Crippen LogP contribution is 2.45. The van der Waals surface area contributed by atoms with Gasteiger partial charge < -0.3 is 9.47 Å². The van der Waals surface area contributed by atoms with Gasteiger partial charge in [-0.15, -0.1) is 0 Å². The Balaban J connectivity index is 1.18. The first-order chi connectivity index (χ1) is 24.0. The molecule has 1 amide bonds. The molecule has 1 atom stereocenters. The minimum absolute atomic E-state index is 0.0701. The van der Waals surface area contributed by atoms with Gasteiger partial charge in [-0.25, -0.2) is 9.59 Å². The fourth-order valence-electron chi connectivity index (χ4n) is 7.41. The molecular formula is C43H39NO5. The minimum Gasteiger partial charge on any atom is -0.448 e. The Morgan fingerprint density at radius 2 is 1.22 bits per heavy atom. The number of fused-ring (bicyclic) bond motifs is 3. The summed E-state index contributed by atoms with van der Waals surface area (Å²) in [5.74, 6) is -0.522. The Morgan fingerprint density at radius 1 is 0.694 bits per heavy atom. The van der Waals surface area contributed by atoms with Crippen molar-refractivity contribution < 1.29 is 23.9 Å². The Hall–Kier alpha value is -5.49. The van der Waals surface area contributed by atoms with Crippen molar-refractivity contribution >= 4 is 17.8 Å². The largest absolute Gasteiger partial charge is 0.448 e. The summed E-state index contributed by atoms with van der Waals surface area (Å²) in [6.07, 6.45) is 1.82. The van der Waals surface area contributed by atoms with E-state index in [0.717, 1.165) is 39.8 Å². The maximum absolute atomic E-state index is 14.4. The van der Waals surface area contributed by atoms with Gasteiger partial charge in [0.15, 0.2) is 11.4 Å². The molecule has 2 aliphatic rings. The van der Waals surface area contributed by atoms with Crippen LogP contribution >= 0.6 is 0 Å². The maximum Gasteiger partial charge on any atom is 0.410 e. The molecule has 7 rings (SSSR count). The van der Waals surface area contributed by atoms with E-state index < -0.39 is 23.7 Å². The number of hydrogen-bond acceptors (Lipinski definition) is 5. The Bertz CT molecular complexity index is 1870. The summed E-state index contributed by atoms with van der Waals surface area (Å²) in [6.45, 7) is 2.55. The predicted octanol–water partition coefficient (Wildman–Crippen LogP) is 8.92. The van der Waals surface area contributed by atoms with E-state index in [-0.39, 0.29) is 18.3 Å². The highest BCUT2D eigenvalue weighted by molar-refractivity contribution is 5.96. The number of ether oxygens (including phenoxy) is 2. The van der Waals surface area contributed by atoms with Crippen molar-refractivity contribution in [3.05, 3.63) is 167 Å². The van der Waals surface area contributed by atoms with Gasteiger partial charge in [0.2, 0.25) is 0 Å². The van der Waals surface area contributed by atoms with Crippen molar-refractivity contribution in [2.45, 2.75) is 50.2 Å². The van der Waals surface area contributed by atoms with E-state index >= 15 is 0 Å². The smallest absolute Gasteiger partial charge is 0.410 e. The van der Waals surface area contributed by atoms with Gasteiger partial charge in [0.05, 0.1) is 0 Å². The molecular weight excluding hydrogens is 610 g/mol. The summed E-state index contributed by atoms with van der Waals surface area (Å²) in [7, 11) is 0. The number of esters is 1. The first-order valence-electron chi connectivity index (χ1n) is 17.1. The molecule has 1 aliphatic carbocycles. The second kappa shape index (κ2) is 13.9. The number of rotatable bonds is 10. The molecule has 5 aromatic carbocycles. The van der Waals surface area contributed by atoms with Crippen LogP contribution in [0.3, 0.4) is 0 Å². The maximum atomic E-state index is 14.4. The van der Waals surface area contributed by atoms with Crippen LogP contribution in [-0.4, -0.2) is 41.9 Å². The van der Waals surface area contributed by atoms with Crippen molar-refractivity contribution in [2.75, 3.05) is 13.2 Å². The second-order valence-electron chi connectivity index (χ2n) is 12.7. The monoisotopic (exact) mass is 649 g/mol. The topological polar surface area (TPSA) is 72.9 Å². The zero-order chi connectivity index (χ0) is 33.8. The van der Waals surface area contributed by atoms with E-state index in [1.807, 2.05) is 104 Å². The number of likely N-dealkylation sites (tertiary alicyclic amines) is 1. The van der Waals surface area contributed by atoms with Crippen LogP contribution in [0.4, 0.5) is 4.79 Å². The molecule has 0 spiro atoms. The Morgan fingerprint density at radius 3 is 1.80 bits per heavy atom. The van der Waals surface area contributed by atoms with Crippen molar-refractivity contribution in [1.29, 1.82) is 0 Å². The van der Waals surface area contributed by atoms with Gasteiger partial charge in [-0.05, 0) is 41.5 Å². The molecule has 1 fully saturated rings. The average Bonchev–Trinajstić information content (AvgIpc) is 3.78. The van der Waals surface area contributed by atoms with Gasteiger partial charge >= 0.3 is 12.1 Å². The number of benzene rings is 5. The first-order valence-corrected chi connectivity index (χ1v) is 17.1. The van der Waals surface area contributed by atoms with E-state index in [0.29, 0.717) is 36.9 Å². The lowest BCUT2D eigenvalue weighted by Crippen LogP contribution is -2.46. The summed E-state index contributed by atoms with van der Waals surface area (Å²) < 4.78 is 12.7. The van der Waals surface area contributed by atoms with Crippen LogP contribution in [0.25, 0.3) is 11.1 Å². The van der Waals surface area contributed by atoms with Gasteiger partial charge in [-0.2, -0.15) is 0 Å². The van der Waals surface area contributed by atoms with E-state index in [2.05, 4.69) is 24.3 Å². The lowest BCUT2D eigenvalue weighted by atomic mass is 9.79. The average molecular weight is 650 g/mol. The number of amides is 1. The fraction of sp³-hybridized carbons (Fsp3) is 0.233. The first kappa shape index (κ1) is 32.1. The SMILES string of the molecule is CCCC(=O)c1ccc(C(OC(=O)[C@@H]2CCCN2C(=O)OCC2c3ccccc3-c3ccccc32)(c2ccccc2)c2ccccc2)cc1. The third kappa shape index (κ3) is 6.04. The Labute approximate surface area is 287 Å². The summed E-state index contributed by atoms with van der Waals surface area (Å²) in [5, 5.41) is 0. The number of hydrogen-bond donors (Lipinski definition) is 0. The van der Waals surface area contributed by atoms with E-state index in [9.17, 15) is 14.4 Å². The third-order valence-electron chi connectivity index (χ3n) is 9.80. The summed E-state index contributed by atoms with van der Waals surface area (Å²) >= 11 is 0. The molecule has 0 bridgehead atoms. The molecule has 6 nitrogen and oxygen atoms in total. The molecule has 0 N–H and O–H groups in total. The summed E-state index contributed by atoms with van der Waals surface area (Å²) in [4.78, 5) is 42.4. The van der Waals surface area contributed by atoms with Crippen LogP contribution in [0.1, 0.15) is 76.7 Å². The van der Waals surface area contributed by atoms with Gasteiger partial charge in [0.25, 0.3) is 0 Å². The predicted molar refractivity (Wildman–Crippen MR) is 189 cm³/mol.